The zero-order valence-electron chi connectivity index (χ0n) is 11.3. The predicted molar refractivity (Wildman–Crippen MR) is 79.0 cm³/mol. The predicted octanol–water partition coefficient (Wildman–Crippen LogP) is 2.27. The van der Waals surface area contributed by atoms with Gasteiger partial charge in [0, 0.05) is 18.3 Å². The highest BCUT2D eigenvalue weighted by Gasteiger charge is 2.21. The number of methoxy groups -OCH3 is 1. The number of aromatic nitrogens is 1. The highest BCUT2D eigenvalue weighted by molar-refractivity contribution is 7.92. The minimum absolute atomic E-state index is 0.0367. The number of sulfonamides is 1. The number of anilines is 1. The Morgan fingerprint density at radius 2 is 2.05 bits per heavy atom. The van der Waals surface area contributed by atoms with Crippen LogP contribution in [0.15, 0.2) is 41.4 Å². The van der Waals surface area contributed by atoms with Crippen LogP contribution in [-0.2, 0) is 21.8 Å². The molecule has 0 bridgehead atoms. The van der Waals surface area contributed by atoms with Crippen LogP contribution in [0.1, 0.15) is 10.5 Å². The van der Waals surface area contributed by atoms with Gasteiger partial charge in [-0.15, -0.1) is 0 Å². The first-order valence-corrected chi connectivity index (χ1v) is 7.72. The Kier molecular flexibility index (Phi) is 4.24. The van der Waals surface area contributed by atoms with Gasteiger partial charge in [-0.05, 0) is 24.3 Å². The van der Waals surface area contributed by atoms with E-state index in [0.29, 0.717) is 10.7 Å². The number of halogens is 1. The summed E-state index contributed by atoms with van der Waals surface area (Å²) in [6, 6.07) is 7.58. The van der Waals surface area contributed by atoms with E-state index in [9.17, 15) is 13.2 Å². The Labute approximate surface area is 127 Å². The first kappa shape index (κ1) is 15.4. The van der Waals surface area contributed by atoms with Crippen LogP contribution >= 0.6 is 11.6 Å². The quantitative estimate of drug-likeness (QED) is 0.873. The summed E-state index contributed by atoms with van der Waals surface area (Å²) in [6.07, 6.45) is 1.33. The highest BCUT2D eigenvalue weighted by atomic mass is 35.5. The molecule has 0 saturated carbocycles. The van der Waals surface area contributed by atoms with Crippen molar-refractivity contribution in [1.82, 2.24) is 4.57 Å². The highest BCUT2D eigenvalue weighted by Crippen LogP contribution is 2.21. The molecule has 0 spiro atoms. The number of nitrogens with zero attached hydrogens (tertiary/aromatic N) is 1. The number of hydrogen-bond donors (Lipinski definition) is 1. The summed E-state index contributed by atoms with van der Waals surface area (Å²) < 4.78 is 32.9. The van der Waals surface area contributed by atoms with Crippen molar-refractivity contribution in [1.29, 1.82) is 0 Å². The molecular formula is C13H13ClN2O4S. The maximum atomic E-state index is 12.3. The standard InChI is InChI=1S/C13H13ClN2O4S/c1-16-8-11(7-12(16)13(17)20-2)21(18,19)15-10-5-3-4-9(14)6-10/h3-8,15H,1-2H3. The minimum Gasteiger partial charge on any atom is -0.464 e. The topological polar surface area (TPSA) is 77.4 Å². The van der Waals surface area contributed by atoms with Crippen LogP contribution in [-0.4, -0.2) is 26.1 Å². The van der Waals surface area contributed by atoms with Crippen molar-refractivity contribution in [2.75, 3.05) is 11.8 Å². The van der Waals surface area contributed by atoms with E-state index in [4.69, 9.17) is 11.6 Å². The number of ether oxygens (including phenoxy) is 1. The Morgan fingerprint density at radius 1 is 1.33 bits per heavy atom. The lowest BCUT2D eigenvalue weighted by Crippen LogP contribution is -2.12. The zero-order valence-corrected chi connectivity index (χ0v) is 12.9. The Balaban J connectivity index is 2.34. The van der Waals surface area contributed by atoms with E-state index < -0.39 is 16.0 Å². The minimum atomic E-state index is -3.81. The number of carbonyl (C=O) groups excluding carboxylic acids is 1. The fourth-order valence-electron chi connectivity index (χ4n) is 1.75. The van der Waals surface area contributed by atoms with Crippen molar-refractivity contribution < 1.29 is 17.9 Å². The van der Waals surface area contributed by atoms with Crippen molar-refractivity contribution in [3.05, 3.63) is 47.2 Å². The molecule has 21 heavy (non-hydrogen) atoms. The molecule has 0 aliphatic rings. The van der Waals surface area contributed by atoms with E-state index in [-0.39, 0.29) is 10.6 Å². The van der Waals surface area contributed by atoms with E-state index in [0.717, 1.165) is 0 Å². The van der Waals surface area contributed by atoms with E-state index in [1.807, 2.05) is 0 Å². The number of rotatable bonds is 4. The molecule has 2 rings (SSSR count). The number of aryl methyl sites for hydroxylation is 1. The molecule has 1 aromatic heterocycles. The van der Waals surface area contributed by atoms with Gasteiger partial charge in [-0.25, -0.2) is 13.2 Å². The van der Waals surface area contributed by atoms with Crippen molar-refractivity contribution in [2.24, 2.45) is 7.05 Å². The van der Waals surface area contributed by atoms with Crippen LogP contribution in [0.2, 0.25) is 5.02 Å². The number of esters is 1. The molecule has 8 heteroatoms. The second-order valence-electron chi connectivity index (χ2n) is 4.28. The summed E-state index contributed by atoms with van der Waals surface area (Å²) in [5.74, 6) is -0.610. The summed E-state index contributed by atoms with van der Waals surface area (Å²) in [4.78, 5) is 11.5. The van der Waals surface area contributed by atoms with E-state index in [2.05, 4.69) is 9.46 Å². The van der Waals surface area contributed by atoms with Gasteiger partial charge >= 0.3 is 5.97 Å². The van der Waals surface area contributed by atoms with Crippen LogP contribution in [0.25, 0.3) is 0 Å². The van der Waals surface area contributed by atoms with Gasteiger partial charge < -0.3 is 9.30 Å². The molecule has 2 aromatic rings. The zero-order chi connectivity index (χ0) is 15.6. The number of carbonyl (C=O) groups is 1. The van der Waals surface area contributed by atoms with Crippen LogP contribution in [0.3, 0.4) is 0 Å². The average molecular weight is 329 g/mol. The molecule has 0 fully saturated rings. The summed E-state index contributed by atoms with van der Waals surface area (Å²) in [7, 11) is -1.02. The van der Waals surface area contributed by atoms with Gasteiger partial charge in [0.15, 0.2) is 0 Å². The average Bonchev–Trinajstić information content (AvgIpc) is 2.80. The number of benzene rings is 1. The molecule has 112 valence electrons. The normalized spacial score (nSPS) is 11.2. The maximum Gasteiger partial charge on any atom is 0.354 e. The molecule has 0 aliphatic heterocycles. The van der Waals surface area contributed by atoms with Gasteiger partial charge in [-0.1, -0.05) is 17.7 Å². The van der Waals surface area contributed by atoms with E-state index in [1.165, 1.54) is 30.0 Å². The Bertz CT molecular complexity index is 783. The third kappa shape index (κ3) is 3.37. The Morgan fingerprint density at radius 3 is 2.67 bits per heavy atom. The summed E-state index contributed by atoms with van der Waals surface area (Å²) >= 11 is 5.81. The SMILES string of the molecule is COC(=O)c1cc(S(=O)(=O)Nc2cccc(Cl)c2)cn1C. The van der Waals surface area contributed by atoms with Gasteiger partial charge in [0.2, 0.25) is 0 Å². The van der Waals surface area contributed by atoms with Gasteiger partial charge in [-0.3, -0.25) is 4.72 Å². The smallest absolute Gasteiger partial charge is 0.354 e. The third-order valence-electron chi connectivity index (χ3n) is 2.76. The van der Waals surface area contributed by atoms with Crippen molar-refractivity contribution in [2.45, 2.75) is 4.90 Å². The van der Waals surface area contributed by atoms with Crippen LogP contribution < -0.4 is 4.72 Å². The Hall–Kier alpha value is -1.99. The molecule has 1 heterocycles. The van der Waals surface area contributed by atoms with Crippen molar-refractivity contribution in [3.63, 3.8) is 0 Å². The van der Waals surface area contributed by atoms with E-state index >= 15 is 0 Å². The fraction of sp³-hybridized carbons (Fsp3) is 0.154. The lowest BCUT2D eigenvalue weighted by Gasteiger charge is -2.06. The largest absolute Gasteiger partial charge is 0.464 e. The fourth-order valence-corrected chi connectivity index (χ4v) is 3.06. The summed E-state index contributed by atoms with van der Waals surface area (Å²) in [5, 5.41) is 0.415. The second-order valence-corrected chi connectivity index (χ2v) is 6.40. The van der Waals surface area contributed by atoms with Gasteiger partial charge in [-0.2, -0.15) is 0 Å². The molecular weight excluding hydrogens is 316 g/mol. The van der Waals surface area contributed by atoms with E-state index in [1.54, 1.807) is 25.2 Å². The number of hydrogen-bond acceptors (Lipinski definition) is 4. The monoisotopic (exact) mass is 328 g/mol. The molecule has 0 atom stereocenters. The summed E-state index contributed by atoms with van der Waals surface area (Å²) in [6.45, 7) is 0. The van der Waals surface area contributed by atoms with Gasteiger partial charge in [0.05, 0.1) is 12.8 Å². The maximum absolute atomic E-state index is 12.3. The van der Waals surface area contributed by atoms with Gasteiger partial charge in [0.1, 0.15) is 10.6 Å². The molecule has 0 amide bonds. The van der Waals surface area contributed by atoms with Crippen LogP contribution in [0.4, 0.5) is 5.69 Å². The van der Waals surface area contributed by atoms with Crippen molar-refractivity contribution >= 4 is 33.3 Å². The van der Waals surface area contributed by atoms with Crippen molar-refractivity contribution in [3.8, 4) is 0 Å². The number of nitrogens with one attached hydrogen (secondary N) is 1. The third-order valence-corrected chi connectivity index (χ3v) is 4.34. The molecule has 0 saturated heterocycles. The van der Waals surface area contributed by atoms with Crippen LogP contribution in [0, 0.1) is 0 Å². The molecule has 0 aliphatic carbocycles. The lowest BCUT2D eigenvalue weighted by atomic mass is 10.3. The first-order valence-electron chi connectivity index (χ1n) is 5.86. The molecule has 0 radical (unpaired) electrons. The van der Waals surface area contributed by atoms with Crippen LogP contribution in [0.5, 0.6) is 0 Å². The van der Waals surface area contributed by atoms with Gasteiger partial charge in [0.25, 0.3) is 10.0 Å². The molecule has 0 unspecified atom stereocenters. The lowest BCUT2D eigenvalue weighted by molar-refractivity contribution is 0.0590. The molecule has 1 N–H and O–H groups in total. The first-order chi connectivity index (χ1) is 9.83. The molecule has 6 nitrogen and oxygen atoms in total. The second kappa shape index (κ2) is 5.79. The molecule has 1 aromatic carbocycles. The summed E-state index contributed by atoms with van der Waals surface area (Å²) in [5.41, 5.74) is 0.481.